The van der Waals surface area contributed by atoms with Gasteiger partial charge >= 0.3 is 0 Å². The van der Waals surface area contributed by atoms with Crippen LogP contribution >= 0.6 is 31.9 Å². The molecule has 1 aliphatic carbocycles. The molecule has 0 bridgehead atoms. The van der Waals surface area contributed by atoms with Crippen LogP contribution in [0.5, 0.6) is 11.5 Å². The van der Waals surface area contributed by atoms with Crippen molar-refractivity contribution in [2.75, 3.05) is 39.5 Å². The zero-order valence-corrected chi connectivity index (χ0v) is 25.6. The van der Waals surface area contributed by atoms with Crippen LogP contribution in [-0.4, -0.2) is 66.2 Å². The first kappa shape index (κ1) is 28.8. The van der Waals surface area contributed by atoms with Gasteiger partial charge in [0, 0.05) is 23.5 Å². The molecule has 3 aromatic rings. The molecule has 0 atom stereocenters. The maximum atomic E-state index is 13.6. The Hall–Kier alpha value is -2.76. The normalized spacial score (nSPS) is 16.5. The molecule has 0 N–H and O–H groups in total. The van der Waals surface area contributed by atoms with E-state index in [1.54, 1.807) is 23.2 Å². The third-order valence-corrected chi connectivity index (χ3v) is 8.24. The number of morpholine rings is 1. The van der Waals surface area contributed by atoms with Crippen molar-refractivity contribution in [2.24, 2.45) is 5.10 Å². The van der Waals surface area contributed by atoms with Crippen molar-refractivity contribution in [3.05, 3.63) is 61.0 Å². The fourth-order valence-electron chi connectivity index (χ4n) is 5.13. The lowest BCUT2D eigenvalue weighted by atomic mass is 9.88. The average molecular weight is 676 g/mol. The van der Waals surface area contributed by atoms with Crippen molar-refractivity contribution in [3.8, 4) is 11.5 Å². The van der Waals surface area contributed by atoms with E-state index in [0.29, 0.717) is 71.2 Å². The third-order valence-electron chi connectivity index (χ3n) is 7.16. The number of hydrogen-bond acceptors (Lipinski definition) is 7. The number of amides is 1. The number of fused-ring (bicyclic) bond motifs is 1. The minimum Gasteiger partial charge on any atom is -0.490 e. The summed E-state index contributed by atoms with van der Waals surface area (Å²) in [7, 11) is 0. The van der Waals surface area contributed by atoms with Crippen LogP contribution in [0, 0.1) is 0 Å². The first-order chi connectivity index (χ1) is 19.4. The molecule has 1 aromatic heterocycles. The van der Waals surface area contributed by atoms with E-state index in [-0.39, 0.29) is 24.0 Å². The Labute approximate surface area is 249 Å². The van der Waals surface area contributed by atoms with Crippen LogP contribution < -0.4 is 15.0 Å². The van der Waals surface area contributed by atoms with Crippen LogP contribution in [0.4, 0.5) is 0 Å². The van der Waals surface area contributed by atoms with Crippen LogP contribution in [-0.2, 0) is 9.53 Å². The summed E-state index contributed by atoms with van der Waals surface area (Å²) in [6.45, 7) is 4.36. The summed E-state index contributed by atoms with van der Waals surface area (Å²) >= 11 is 7.04. The highest BCUT2D eigenvalue weighted by Gasteiger charge is 2.23. The molecule has 2 aromatic carbocycles. The standard InChI is InChI=1S/C29H32Br2N4O5/c1-2-39-25-15-19(14-23(31)27(25)40-18-26(36)34-10-12-38-13-11-34)17-32-35-28(20-6-4-3-5-7-20)33-24-9-8-21(30)16-22(24)29(35)37/h8-9,14-17,20H,2-7,10-13,18H2,1H3. The lowest BCUT2D eigenvalue weighted by Gasteiger charge is -2.27. The molecular weight excluding hydrogens is 644 g/mol. The lowest BCUT2D eigenvalue weighted by molar-refractivity contribution is -0.137. The van der Waals surface area contributed by atoms with Crippen molar-refractivity contribution in [3.63, 3.8) is 0 Å². The van der Waals surface area contributed by atoms with Gasteiger partial charge in [0.15, 0.2) is 18.1 Å². The topological polar surface area (TPSA) is 95.2 Å². The summed E-state index contributed by atoms with van der Waals surface area (Å²) in [5, 5.41) is 5.16. The highest BCUT2D eigenvalue weighted by Crippen LogP contribution is 2.37. The molecule has 0 spiro atoms. The fraction of sp³-hybridized carbons (Fsp3) is 0.448. The van der Waals surface area contributed by atoms with E-state index >= 15 is 0 Å². The van der Waals surface area contributed by atoms with E-state index in [4.69, 9.17) is 19.2 Å². The van der Waals surface area contributed by atoms with Crippen molar-refractivity contribution in [1.29, 1.82) is 0 Å². The van der Waals surface area contributed by atoms with Crippen LogP contribution in [0.1, 0.15) is 56.3 Å². The molecule has 1 saturated heterocycles. The molecule has 1 amide bonds. The quantitative estimate of drug-likeness (QED) is 0.293. The maximum Gasteiger partial charge on any atom is 0.282 e. The van der Waals surface area contributed by atoms with Crippen molar-refractivity contribution in [2.45, 2.75) is 44.9 Å². The zero-order chi connectivity index (χ0) is 28.1. The summed E-state index contributed by atoms with van der Waals surface area (Å²) < 4.78 is 20.0. The largest absolute Gasteiger partial charge is 0.490 e. The molecule has 2 heterocycles. The molecule has 1 aliphatic heterocycles. The van der Waals surface area contributed by atoms with Crippen molar-refractivity contribution < 1.29 is 19.0 Å². The molecule has 1 saturated carbocycles. The number of hydrogen-bond donors (Lipinski definition) is 0. The molecule has 9 nitrogen and oxygen atoms in total. The molecule has 5 rings (SSSR count). The molecule has 11 heteroatoms. The minimum atomic E-state index is -0.200. The first-order valence-electron chi connectivity index (χ1n) is 13.7. The number of rotatable bonds is 8. The molecule has 0 unspecified atom stereocenters. The van der Waals surface area contributed by atoms with Gasteiger partial charge in [-0.25, -0.2) is 4.98 Å². The van der Waals surface area contributed by atoms with Gasteiger partial charge in [-0.05, 0) is 71.6 Å². The molecule has 0 radical (unpaired) electrons. The third kappa shape index (κ3) is 6.58. The van der Waals surface area contributed by atoms with Gasteiger partial charge in [-0.3, -0.25) is 9.59 Å². The highest BCUT2D eigenvalue weighted by molar-refractivity contribution is 9.10. The van der Waals surface area contributed by atoms with Gasteiger partial charge in [0.05, 0.1) is 41.4 Å². The Bertz CT molecular complexity index is 1460. The molecule has 2 fully saturated rings. The van der Waals surface area contributed by atoms with E-state index in [2.05, 4.69) is 37.0 Å². The van der Waals surface area contributed by atoms with Gasteiger partial charge in [-0.1, -0.05) is 35.2 Å². The second-order valence-electron chi connectivity index (χ2n) is 9.87. The van der Waals surface area contributed by atoms with E-state index < -0.39 is 0 Å². The van der Waals surface area contributed by atoms with E-state index in [1.807, 2.05) is 25.1 Å². The zero-order valence-electron chi connectivity index (χ0n) is 22.4. The number of ether oxygens (including phenoxy) is 3. The fourth-order valence-corrected chi connectivity index (χ4v) is 6.07. The Morgan fingerprint density at radius 3 is 2.65 bits per heavy atom. The predicted octanol–water partition coefficient (Wildman–Crippen LogP) is 5.49. The molecule has 2 aliphatic rings. The number of benzene rings is 2. The van der Waals surface area contributed by atoms with E-state index in [0.717, 1.165) is 30.2 Å². The van der Waals surface area contributed by atoms with Crippen molar-refractivity contribution in [1.82, 2.24) is 14.6 Å². The van der Waals surface area contributed by atoms with Crippen molar-refractivity contribution >= 4 is 54.9 Å². The van der Waals surface area contributed by atoms with Gasteiger partial charge in [0.25, 0.3) is 11.5 Å². The summed E-state index contributed by atoms with van der Waals surface area (Å²) in [4.78, 5) is 32.9. The lowest BCUT2D eigenvalue weighted by Crippen LogP contribution is -2.43. The van der Waals surface area contributed by atoms with E-state index in [1.165, 1.54) is 11.1 Å². The Kier molecular flexibility index (Phi) is 9.54. The SMILES string of the molecule is CCOc1cc(C=Nn2c(C3CCCCC3)nc3ccc(Br)cc3c2=O)cc(Br)c1OCC(=O)N1CCOCC1. The van der Waals surface area contributed by atoms with Gasteiger partial charge in [0.2, 0.25) is 0 Å². The Balaban J connectivity index is 1.46. The van der Waals surface area contributed by atoms with Gasteiger partial charge < -0.3 is 19.1 Å². The average Bonchev–Trinajstić information content (AvgIpc) is 2.97. The number of aromatic nitrogens is 2. The van der Waals surface area contributed by atoms with Crippen LogP contribution in [0.2, 0.25) is 0 Å². The molecular formula is C29H32Br2N4O5. The maximum absolute atomic E-state index is 13.6. The van der Waals surface area contributed by atoms with E-state index in [9.17, 15) is 9.59 Å². The molecule has 40 heavy (non-hydrogen) atoms. The summed E-state index contributed by atoms with van der Waals surface area (Å²) in [5.74, 6) is 1.69. The number of halogens is 2. The predicted molar refractivity (Wildman–Crippen MR) is 161 cm³/mol. The van der Waals surface area contributed by atoms with Gasteiger partial charge in [-0.2, -0.15) is 9.78 Å². The number of carbonyl (C=O) groups excluding carboxylic acids is 1. The van der Waals surface area contributed by atoms with Crippen LogP contribution in [0.15, 0.2) is 49.2 Å². The second kappa shape index (κ2) is 13.3. The number of carbonyl (C=O) groups is 1. The number of nitrogens with zero attached hydrogens (tertiary/aromatic N) is 4. The minimum absolute atomic E-state index is 0.103. The highest BCUT2D eigenvalue weighted by atomic mass is 79.9. The van der Waals surface area contributed by atoms with Gasteiger partial charge in [-0.15, -0.1) is 0 Å². The summed E-state index contributed by atoms with van der Waals surface area (Å²) in [5.41, 5.74) is 1.18. The monoisotopic (exact) mass is 674 g/mol. The van der Waals surface area contributed by atoms with Crippen LogP contribution in [0.3, 0.4) is 0 Å². The Morgan fingerprint density at radius 1 is 1.12 bits per heavy atom. The Morgan fingerprint density at radius 2 is 1.90 bits per heavy atom. The van der Waals surface area contributed by atoms with Crippen LogP contribution in [0.25, 0.3) is 10.9 Å². The smallest absolute Gasteiger partial charge is 0.282 e. The first-order valence-corrected chi connectivity index (χ1v) is 15.2. The summed E-state index contributed by atoms with van der Waals surface area (Å²) in [6.07, 6.45) is 7.03. The summed E-state index contributed by atoms with van der Waals surface area (Å²) in [6, 6.07) is 9.18. The second-order valence-corrected chi connectivity index (χ2v) is 11.6. The molecule has 212 valence electrons. The van der Waals surface area contributed by atoms with Gasteiger partial charge in [0.1, 0.15) is 5.82 Å².